The van der Waals surface area contributed by atoms with Crippen LogP contribution in [-0.4, -0.2) is 32.4 Å². The van der Waals surface area contributed by atoms with E-state index in [1.807, 2.05) is 13.8 Å². The molecule has 3 N–H and O–H groups in total. The molecule has 0 aliphatic rings. The average Bonchev–Trinajstić information content (AvgIpc) is 2.89. The van der Waals surface area contributed by atoms with Crippen molar-refractivity contribution in [2.75, 3.05) is 6.54 Å². The smallest absolute Gasteiger partial charge is 0.233 e. The minimum absolute atomic E-state index is 0.0800. The summed E-state index contributed by atoms with van der Waals surface area (Å²) < 4.78 is 1.73. The normalized spacial score (nSPS) is 11.3. The van der Waals surface area contributed by atoms with Gasteiger partial charge >= 0.3 is 0 Å². The van der Waals surface area contributed by atoms with Gasteiger partial charge < -0.3 is 11.1 Å². The first-order valence-corrected chi connectivity index (χ1v) is 6.90. The van der Waals surface area contributed by atoms with Crippen molar-refractivity contribution in [1.29, 1.82) is 0 Å². The fraction of sp³-hybridized carbons (Fsp3) is 0.667. The van der Waals surface area contributed by atoms with Crippen LogP contribution in [0.25, 0.3) is 0 Å². The largest absolute Gasteiger partial charge is 0.392 e. The van der Waals surface area contributed by atoms with Crippen molar-refractivity contribution in [2.45, 2.75) is 39.7 Å². The van der Waals surface area contributed by atoms with Gasteiger partial charge in [0.25, 0.3) is 0 Å². The number of nitrogens with two attached hydrogens (primary N) is 1. The van der Waals surface area contributed by atoms with Crippen LogP contribution >= 0.6 is 12.2 Å². The van der Waals surface area contributed by atoms with Crippen molar-refractivity contribution in [1.82, 2.24) is 20.3 Å². The lowest BCUT2D eigenvalue weighted by Gasteiger charge is -2.28. The number of hydrogen-bond acceptors (Lipinski definition) is 4. The van der Waals surface area contributed by atoms with Crippen LogP contribution in [0, 0.1) is 5.41 Å². The Morgan fingerprint density at radius 1 is 1.47 bits per heavy atom. The van der Waals surface area contributed by atoms with E-state index in [-0.39, 0.29) is 10.9 Å². The molecule has 0 spiro atoms. The van der Waals surface area contributed by atoms with Gasteiger partial charge in [0.1, 0.15) is 0 Å². The number of nitrogens with zero attached hydrogens (tertiary/aromatic N) is 3. The number of carbonyl (C=O) groups excluding carboxylic acids is 1. The SMILES string of the molecule is CCC(CC)(C(=O)NCCCn1ccnn1)C(N)=S. The zero-order chi connectivity index (χ0) is 14.3. The summed E-state index contributed by atoms with van der Waals surface area (Å²) in [5.74, 6) is -0.0800. The number of aryl methyl sites for hydroxylation is 1. The fourth-order valence-electron chi connectivity index (χ4n) is 2.00. The first-order valence-electron chi connectivity index (χ1n) is 6.49. The molecule has 1 heterocycles. The van der Waals surface area contributed by atoms with E-state index in [1.165, 1.54) is 0 Å². The van der Waals surface area contributed by atoms with Crippen LogP contribution < -0.4 is 11.1 Å². The third-order valence-corrected chi connectivity index (χ3v) is 3.83. The van der Waals surface area contributed by atoms with E-state index in [4.69, 9.17) is 18.0 Å². The maximum Gasteiger partial charge on any atom is 0.233 e. The number of nitrogens with one attached hydrogen (secondary N) is 1. The van der Waals surface area contributed by atoms with E-state index >= 15 is 0 Å². The molecule has 0 fully saturated rings. The van der Waals surface area contributed by atoms with Gasteiger partial charge in [-0.15, -0.1) is 5.10 Å². The van der Waals surface area contributed by atoms with E-state index in [2.05, 4.69) is 15.6 Å². The second-order valence-electron chi connectivity index (χ2n) is 4.43. The van der Waals surface area contributed by atoms with Gasteiger partial charge in [-0.25, -0.2) is 0 Å². The molecular formula is C12H21N5OS. The number of hydrogen-bond donors (Lipinski definition) is 2. The van der Waals surface area contributed by atoms with Crippen molar-refractivity contribution in [2.24, 2.45) is 11.1 Å². The first-order chi connectivity index (χ1) is 9.06. The highest BCUT2D eigenvalue weighted by atomic mass is 32.1. The van der Waals surface area contributed by atoms with Crippen LogP contribution in [0.15, 0.2) is 12.4 Å². The predicted octanol–water partition coefficient (Wildman–Crippen LogP) is 0.877. The molecule has 0 radical (unpaired) electrons. The van der Waals surface area contributed by atoms with Crippen molar-refractivity contribution in [3.63, 3.8) is 0 Å². The third-order valence-electron chi connectivity index (χ3n) is 3.43. The van der Waals surface area contributed by atoms with E-state index in [1.54, 1.807) is 17.1 Å². The number of aromatic nitrogens is 3. The Kier molecular flexibility index (Phi) is 5.88. The zero-order valence-electron chi connectivity index (χ0n) is 11.4. The molecule has 1 aromatic rings. The monoisotopic (exact) mass is 283 g/mol. The van der Waals surface area contributed by atoms with Gasteiger partial charge in [-0.3, -0.25) is 9.48 Å². The van der Waals surface area contributed by atoms with Crippen molar-refractivity contribution in [3.05, 3.63) is 12.4 Å². The molecule has 0 saturated carbocycles. The Labute approximate surface area is 118 Å². The van der Waals surface area contributed by atoms with Gasteiger partial charge in [-0.1, -0.05) is 31.3 Å². The molecule has 0 aliphatic carbocycles. The summed E-state index contributed by atoms with van der Waals surface area (Å²) in [5, 5.41) is 10.5. The number of thiocarbonyl (C=S) groups is 1. The first kappa shape index (κ1) is 15.6. The van der Waals surface area contributed by atoms with E-state index < -0.39 is 5.41 Å². The highest BCUT2D eigenvalue weighted by Crippen LogP contribution is 2.27. The number of carbonyl (C=O) groups is 1. The van der Waals surface area contributed by atoms with Crippen molar-refractivity contribution in [3.8, 4) is 0 Å². The molecule has 0 saturated heterocycles. The maximum absolute atomic E-state index is 12.2. The van der Waals surface area contributed by atoms with E-state index in [9.17, 15) is 4.79 Å². The minimum atomic E-state index is -0.720. The van der Waals surface area contributed by atoms with Crippen LogP contribution in [-0.2, 0) is 11.3 Å². The number of amides is 1. The van der Waals surface area contributed by atoms with Crippen LogP contribution in [0.2, 0.25) is 0 Å². The Morgan fingerprint density at radius 3 is 2.63 bits per heavy atom. The lowest BCUT2D eigenvalue weighted by Crippen LogP contribution is -2.48. The standard InChI is InChI=1S/C12H21N5OS/c1-3-12(4-2,10(13)19)11(18)14-6-5-8-17-9-7-15-16-17/h7,9H,3-6,8H2,1-2H3,(H2,13,19)(H,14,18). The Bertz CT molecular complexity index is 414. The minimum Gasteiger partial charge on any atom is -0.392 e. The summed E-state index contributed by atoms with van der Waals surface area (Å²) in [4.78, 5) is 12.5. The molecule has 19 heavy (non-hydrogen) atoms. The highest BCUT2D eigenvalue weighted by molar-refractivity contribution is 7.80. The van der Waals surface area contributed by atoms with Gasteiger partial charge in [0.15, 0.2) is 0 Å². The fourth-order valence-corrected chi connectivity index (χ4v) is 2.38. The van der Waals surface area contributed by atoms with Crippen LogP contribution in [0.1, 0.15) is 33.1 Å². The zero-order valence-corrected chi connectivity index (χ0v) is 12.2. The molecule has 0 aliphatic heterocycles. The quantitative estimate of drug-likeness (QED) is 0.546. The van der Waals surface area contributed by atoms with Gasteiger partial charge in [-0.2, -0.15) is 0 Å². The van der Waals surface area contributed by atoms with Crippen molar-refractivity contribution >= 4 is 23.1 Å². The van der Waals surface area contributed by atoms with Gasteiger partial charge in [-0.05, 0) is 19.3 Å². The van der Waals surface area contributed by atoms with Crippen LogP contribution in [0.5, 0.6) is 0 Å². The van der Waals surface area contributed by atoms with E-state index in [0.717, 1.165) is 13.0 Å². The van der Waals surface area contributed by atoms with Gasteiger partial charge in [0.05, 0.1) is 16.6 Å². The summed E-state index contributed by atoms with van der Waals surface area (Å²) in [7, 11) is 0. The molecule has 6 nitrogen and oxygen atoms in total. The average molecular weight is 283 g/mol. The summed E-state index contributed by atoms with van der Waals surface area (Å²) in [5.41, 5.74) is 5.00. The Hall–Kier alpha value is -1.50. The lowest BCUT2D eigenvalue weighted by atomic mass is 9.81. The summed E-state index contributed by atoms with van der Waals surface area (Å²) in [6.45, 7) is 5.15. The Morgan fingerprint density at radius 2 is 2.16 bits per heavy atom. The maximum atomic E-state index is 12.2. The van der Waals surface area contributed by atoms with E-state index in [0.29, 0.717) is 19.4 Å². The topological polar surface area (TPSA) is 85.8 Å². The molecule has 1 rings (SSSR count). The molecule has 0 aromatic carbocycles. The molecule has 0 atom stereocenters. The van der Waals surface area contributed by atoms with Gasteiger partial charge in [0, 0.05) is 19.3 Å². The third kappa shape index (κ3) is 3.73. The number of rotatable bonds is 8. The summed E-state index contributed by atoms with van der Waals surface area (Å²) in [6, 6.07) is 0. The van der Waals surface area contributed by atoms with Crippen molar-refractivity contribution < 1.29 is 4.79 Å². The summed E-state index contributed by atoms with van der Waals surface area (Å²) >= 11 is 5.04. The second-order valence-corrected chi connectivity index (χ2v) is 4.87. The highest BCUT2D eigenvalue weighted by Gasteiger charge is 2.37. The van der Waals surface area contributed by atoms with Crippen LogP contribution in [0.4, 0.5) is 0 Å². The van der Waals surface area contributed by atoms with Gasteiger partial charge in [0.2, 0.25) is 5.91 Å². The summed E-state index contributed by atoms with van der Waals surface area (Å²) in [6.07, 6.45) is 5.45. The second kappa shape index (κ2) is 7.18. The predicted molar refractivity (Wildman–Crippen MR) is 77.4 cm³/mol. The molecule has 1 aromatic heterocycles. The van der Waals surface area contributed by atoms with Crippen LogP contribution in [0.3, 0.4) is 0 Å². The molecule has 1 amide bonds. The lowest BCUT2D eigenvalue weighted by molar-refractivity contribution is -0.127. The molecule has 0 unspecified atom stereocenters. The molecule has 0 bridgehead atoms. The molecule has 106 valence electrons. The molecular weight excluding hydrogens is 262 g/mol. The Balaban J connectivity index is 2.43. The molecule has 7 heteroatoms.